The number of carbonyl (C=O) groups is 1. The van der Waals surface area contributed by atoms with Crippen LogP contribution in [-0.2, 0) is 16.0 Å². The first-order valence-electron chi connectivity index (χ1n) is 6.19. The van der Waals surface area contributed by atoms with E-state index in [0.717, 1.165) is 17.7 Å². The molecule has 0 spiro atoms. The summed E-state index contributed by atoms with van der Waals surface area (Å²) in [6.45, 7) is 2.27. The van der Waals surface area contributed by atoms with Gasteiger partial charge in [-0.15, -0.1) is 0 Å². The van der Waals surface area contributed by atoms with Crippen molar-refractivity contribution in [2.75, 3.05) is 6.61 Å². The summed E-state index contributed by atoms with van der Waals surface area (Å²) in [6, 6.07) is 7.96. The molecule has 1 aliphatic rings. The van der Waals surface area contributed by atoms with E-state index in [9.17, 15) is 4.79 Å². The predicted molar refractivity (Wildman–Crippen MR) is 65.0 cm³/mol. The van der Waals surface area contributed by atoms with Crippen molar-refractivity contribution in [1.29, 1.82) is 0 Å². The third-order valence-electron chi connectivity index (χ3n) is 2.67. The zero-order chi connectivity index (χ0) is 12.1. The minimum absolute atomic E-state index is 0.134. The van der Waals surface area contributed by atoms with Gasteiger partial charge < -0.3 is 9.47 Å². The molecule has 3 heteroatoms. The number of esters is 1. The van der Waals surface area contributed by atoms with E-state index in [4.69, 9.17) is 9.47 Å². The maximum atomic E-state index is 11.2. The Morgan fingerprint density at radius 2 is 2.00 bits per heavy atom. The van der Waals surface area contributed by atoms with Crippen LogP contribution < -0.4 is 4.74 Å². The third kappa shape index (κ3) is 4.10. The molecule has 2 rings (SSSR count). The van der Waals surface area contributed by atoms with Gasteiger partial charge in [0.25, 0.3) is 0 Å². The summed E-state index contributed by atoms with van der Waals surface area (Å²) in [4.78, 5) is 11.2. The second-order valence-electron chi connectivity index (χ2n) is 4.27. The Labute approximate surface area is 102 Å². The summed E-state index contributed by atoms with van der Waals surface area (Å²) in [5, 5.41) is 0. The van der Waals surface area contributed by atoms with Crippen molar-refractivity contribution in [3.63, 3.8) is 0 Å². The van der Waals surface area contributed by atoms with Crippen molar-refractivity contribution in [3.8, 4) is 5.75 Å². The normalized spacial score (nSPS) is 14.4. The van der Waals surface area contributed by atoms with Gasteiger partial charge in [0.1, 0.15) is 5.75 Å². The Bertz CT molecular complexity index is 366. The molecule has 0 aromatic heterocycles. The minimum atomic E-state index is -0.134. The molecule has 0 atom stereocenters. The van der Waals surface area contributed by atoms with Crippen LogP contribution in [0, 0.1) is 0 Å². The number of rotatable bonds is 6. The monoisotopic (exact) mass is 234 g/mol. The topological polar surface area (TPSA) is 35.5 Å². The number of hydrogen-bond donors (Lipinski definition) is 0. The Morgan fingerprint density at radius 3 is 2.59 bits per heavy atom. The fraction of sp³-hybridized carbons (Fsp3) is 0.500. The molecule has 0 radical (unpaired) electrons. The lowest BCUT2D eigenvalue weighted by molar-refractivity contribution is -0.143. The van der Waals surface area contributed by atoms with Crippen LogP contribution in [0.25, 0.3) is 0 Å². The van der Waals surface area contributed by atoms with Gasteiger partial charge in [-0.05, 0) is 43.9 Å². The molecule has 0 amide bonds. The molecule has 0 bridgehead atoms. The molecular formula is C14H18O3. The Balaban J connectivity index is 1.78. The van der Waals surface area contributed by atoms with E-state index in [0.29, 0.717) is 19.1 Å². The second kappa shape index (κ2) is 5.71. The van der Waals surface area contributed by atoms with E-state index in [2.05, 4.69) is 0 Å². The van der Waals surface area contributed by atoms with Gasteiger partial charge in [0, 0.05) is 6.42 Å². The highest BCUT2D eigenvalue weighted by molar-refractivity contribution is 5.69. The largest absolute Gasteiger partial charge is 0.490 e. The lowest BCUT2D eigenvalue weighted by Crippen LogP contribution is -2.05. The van der Waals surface area contributed by atoms with Crippen molar-refractivity contribution >= 4 is 5.97 Å². The molecule has 0 aliphatic heterocycles. The molecule has 0 saturated heterocycles. The summed E-state index contributed by atoms with van der Waals surface area (Å²) in [5.74, 6) is 0.790. The first-order chi connectivity index (χ1) is 8.28. The Kier molecular flexibility index (Phi) is 4.02. The number of benzene rings is 1. The van der Waals surface area contributed by atoms with E-state index >= 15 is 0 Å². The van der Waals surface area contributed by atoms with Crippen LogP contribution in [-0.4, -0.2) is 18.7 Å². The smallest absolute Gasteiger partial charge is 0.306 e. The Hall–Kier alpha value is -1.51. The molecule has 92 valence electrons. The predicted octanol–water partition coefficient (Wildman–Crippen LogP) is 2.72. The van der Waals surface area contributed by atoms with Crippen LogP contribution in [0.5, 0.6) is 5.75 Å². The maximum absolute atomic E-state index is 11.2. The number of aryl methyl sites for hydroxylation is 1. The average molecular weight is 234 g/mol. The van der Waals surface area contributed by atoms with Crippen LogP contribution in [0.2, 0.25) is 0 Å². The molecule has 3 nitrogen and oxygen atoms in total. The highest BCUT2D eigenvalue weighted by Crippen LogP contribution is 2.26. The first kappa shape index (κ1) is 12.0. The van der Waals surface area contributed by atoms with Crippen LogP contribution in [0.4, 0.5) is 0 Å². The van der Waals surface area contributed by atoms with Crippen LogP contribution in [0.15, 0.2) is 24.3 Å². The highest BCUT2D eigenvalue weighted by Gasteiger charge is 2.23. The number of carbonyl (C=O) groups excluding carboxylic acids is 1. The molecule has 0 N–H and O–H groups in total. The number of ether oxygens (including phenoxy) is 2. The first-order valence-corrected chi connectivity index (χ1v) is 6.19. The maximum Gasteiger partial charge on any atom is 0.306 e. The van der Waals surface area contributed by atoms with Gasteiger partial charge in [-0.25, -0.2) is 0 Å². The van der Waals surface area contributed by atoms with E-state index < -0.39 is 0 Å². The molecule has 1 aromatic carbocycles. The zero-order valence-corrected chi connectivity index (χ0v) is 10.1. The van der Waals surface area contributed by atoms with Crippen LogP contribution in [0.3, 0.4) is 0 Å². The summed E-state index contributed by atoms with van der Waals surface area (Å²) >= 11 is 0. The van der Waals surface area contributed by atoms with Gasteiger partial charge in [-0.3, -0.25) is 4.79 Å². The summed E-state index contributed by atoms with van der Waals surface area (Å²) < 4.78 is 10.5. The lowest BCUT2D eigenvalue weighted by Gasteiger charge is -2.05. The second-order valence-corrected chi connectivity index (χ2v) is 4.27. The fourth-order valence-corrected chi connectivity index (χ4v) is 1.59. The van der Waals surface area contributed by atoms with E-state index in [-0.39, 0.29) is 5.97 Å². The molecule has 1 fully saturated rings. The molecule has 0 unspecified atom stereocenters. The average Bonchev–Trinajstić information content (AvgIpc) is 3.13. The van der Waals surface area contributed by atoms with E-state index in [1.807, 2.05) is 31.2 Å². The van der Waals surface area contributed by atoms with E-state index in [1.165, 1.54) is 12.8 Å². The van der Waals surface area contributed by atoms with Gasteiger partial charge in [-0.2, -0.15) is 0 Å². The molecule has 1 saturated carbocycles. The van der Waals surface area contributed by atoms with Gasteiger partial charge in [0.05, 0.1) is 12.7 Å². The minimum Gasteiger partial charge on any atom is -0.490 e. The van der Waals surface area contributed by atoms with Gasteiger partial charge >= 0.3 is 5.97 Å². The summed E-state index contributed by atoms with van der Waals surface area (Å²) in [6.07, 6.45) is 3.94. The van der Waals surface area contributed by atoms with Crippen molar-refractivity contribution in [3.05, 3.63) is 29.8 Å². The lowest BCUT2D eigenvalue weighted by atomic mass is 10.1. The molecule has 1 aliphatic carbocycles. The molecular weight excluding hydrogens is 216 g/mol. The SMILES string of the molecule is CCOC(=O)CCc1ccc(OC2CC2)cc1. The third-order valence-corrected chi connectivity index (χ3v) is 2.67. The highest BCUT2D eigenvalue weighted by atomic mass is 16.5. The molecule has 0 heterocycles. The summed E-state index contributed by atoms with van der Waals surface area (Å²) in [5.41, 5.74) is 1.14. The quantitative estimate of drug-likeness (QED) is 0.710. The fourth-order valence-electron chi connectivity index (χ4n) is 1.59. The van der Waals surface area contributed by atoms with Crippen LogP contribution >= 0.6 is 0 Å². The van der Waals surface area contributed by atoms with Gasteiger partial charge in [0.15, 0.2) is 0 Å². The van der Waals surface area contributed by atoms with Gasteiger partial charge in [-0.1, -0.05) is 12.1 Å². The Morgan fingerprint density at radius 1 is 1.29 bits per heavy atom. The van der Waals surface area contributed by atoms with Crippen molar-refractivity contribution in [1.82, 2.24) is 0 Å². The van der Waals surface area contributed by atoms with Crippen molar-refractivity contribution < 1.29 is 14.3 Å². The van der Waals surface area contributed by atoms with Crippen molar-refractivity contribution in [2.45, 2.75) is 38.7 Å². The summed E-state index contributed by atoms with van der Waals surface area (Å²) in [7, 11) is 0. The molecule has 1 aromatic rings. The van der Waals surface area contributed by atoms with Gasteiger partial charge in [0.2, 0.25) is 0 Å². The van der Waals surface area contributed by atoms with Crippen molar-refractivity contribution in [2.24, 2.45) is 0 Å². The van der Waals surface area contributed by atoms with E-state index in [1.54, 1.807) is 0 Å². The number of hydrogen-bond acceptors (Lipinski definition) is 3. The zero-order valence-electron chi connectivity index (χ0n) is 10.1. The molecule has 17 heavy (non-hydrogen) atoms. The van der Waals surface area contributed by atoms with Crippen LogP contribution in [0.1, 0.15) is 31.7 Å². The standard InChI is InChI=1S/C14H18O3/c1-2-16-14(15)10-5-11-3-6-12(7-4-11)17-13-8-9-13/h3-4,6-7,13H,2,5,8-10H2,1H3.